The summed E-state index contributed by atoms with van der Waals surface area (Å²) in [5, 5.41) is 8.82. The molecule has 1 atom stereocenters. The Kier molecular flexibility index (Phi) is 4.49. The van der Waals surface area contributed by atoms with Crippen molar-refractivity contribution in [3.8, 4) is 6.07 Å². The molecule has 74 valence electrons. The van der Waals surface area contributed by atoms with Crippen LogP contribution in [-0.4, -0.2) is 0 Å². The molecule has 0 heterocycles. The summed E-state index contributed by atoms with van der Waals surface area (Å²) in [7, 11) is 0. The monoisotopic (exact) mass is 207 g/mol. The second-order valence-electron chi connectivity index (χ2n) is 3.39. The molecular weight excluding hydrogens is 194 g/mol. The fraction of sp³-hybridized carbons (Fsp3) is 0.417. The van der Waals surface area contributed by atoms with E-state index in [2.05, 4.69) is 18.2 Å². The van der Waals surface area contributed by atoms with Crippen LogP contribution in [0.1, 0.15) is 24.5 Å². The van der Waals surface area contributed by atoms with Crippen LogP contribution in [0.3, 0.4) is 0 Å². The largest absolute Gasteiger partial charge is 0.198 e. The van der Waals surface area contributed by atoms with Crippen molar-refractivity contribution in [2.24, 2.45) is 5.92 Å². The maximum Gasteiger partial charge on any atom is 0.0659 e. The quantitative estimate of drug-likeness (QED) is 0.694. The fourth-order valence-corrected chi connectivity index (χ4v) is 1.51. The molecule has 1 rings (SSSR count). The van der Waals surface area contributed by atoms with E-state index in [4.69, 9.17) is 16.9 Å². The average molecular weight is 208 g/mol. The molecular formula is C12H14ClN. The molecule has 1 unspecified atom stereocenters. The fourth-order valence-electron chi connectivity index (χ4n) is 1.33. The highest BCUT2D eigenvalue weighted by Gasteiger charge is 2.05. The second-order valence-corrected chi connectivity index (χ2v) is 3.66. The van der Waals surface area contributed by atoms with Crippen molar-refractivity contribution in [1.82, 2.24) is 0 Å². The summed E-state index contributed by atoms with van der Waals surface area (Å²) >= 11 is 5.69. The van der Waals surface area contributed by atoms with Gasteiger partial charge in [0.2, 0.25) is 0 Å². The number of nitrogens with zero attached hydrogens (tertiary/aromatic N) is 1. The predicted octanol–water partition coefficient (Wildman–Crippen LogP) is 3.52. The van der Waals surface area contributed by atoms with E-state index < -0.39 is 0 Å². The third kappa shape index (κ3) is 3.05. The lowest BCUT2D eigenvalue weighted by molar-refractivity contribution is 0.638. The van der Waals surface area contributed by atoms with Gasteiger partial charge in [0.15, 0.2) is 0 Å². The van der Waals surface area contributed by atoms with E-state index in [-0.39, 0.29) is 5.92 Å². The molecule has 1 aromatic carbocycles. The predicted molar refractivity (Wildman–Crippen MR) is 59.1 cm³/mol. The third-order valence-corrected chi connectivity index (χ3v) is 2.64. The Morgan fingerprint density at radius 2 is 1.86 bits per heavy atom. The topological polar surface area (TPSA) is 23.8 Å². The Morgan fingerprint density at radius 3 is 2.29 bits per heavy atom. The van der Waals surface area contributed by atoms with Gasteiger partial charge in [-0.05, 0) is 24.0 Å². The first-order valence-corrected chi connectivity index (χ1v) is 5.37. The van der Waals surface area contributed by atoms with Crippen LogP contribution in [0.2, 0.25) is 0 Å². The third-order valence-electron chi connectivity index (χ3n) is 2.33. The van der Waals surface area contributed by atoms with Gasteiger partial charge in [-0.2, -0.15) is 5.26 Å². The van der Waals surface area contributed by atoms with Gasteiger partial charge in [-0.25, -0.2) is 0 Å². The van der Waals surface area contributed by atoms with E-state index in [1.807, 2.05) is 19.1 Å². The van der Waals surface area contributed by atoms with Crippen molar-refractivity contribution >= 4 is 11.6 Å². The number of benzene rings is 1. The standard InChI is InChI=1S/C12H14ClN/c1-2-10(9-14)7-11-3-5-12(8-13)6-4-11/h3-6,10H,2,7-8H2,1H3. The minimum Gasteiger partial charge on any atom is -0.198 e. The van der Waals surface area contributed by atoms with Gasteiger partial charge >= 0.3 is 0 Å². The highest BCUT2D eigenvalue weighted by molar-refractivity contribution is 6.17. The lowest BCUT2D eigenvalue weighted by Gasteiger charge is -2.06. The maximum absolute atomic E-state index is 8.82. The highest BCUT2D eigenvalue weighted by Crippen LogP contribution is 2.13. The van der Waals surface area contributed by atoms with Crippen LogP contribution in [0.4, 0.5) is 0 Å². The van der Waals surface area contributed by atoms with Crippen molar-refractivity contribution in [3.63, 3.8) is 0 Å². The lowest BCUT2D eigenvalue weighted by atomic mass is 9.98. The van der Waals surface area contributed by atoms with Gasteiger partial charge in [0.1, 0.15) is 0 Å². The summed E-state index contributed by atoms with van der Waals surface area (Å²) in [4.78, 5) is 0. The molecule has 0 spiro atoms. The summed E-state index contributed by atoms with van der Waals surface area (Å²) in [5.41, 5.74) is 2.34. The number of alkyl halides is 1. The van der Waals surface area contributed by atoms with E-state index >= 15 is 0 Å². The zero-order chi connectivity index (χ0) is 10.4. The molecule has 0 aliphatic heterocycles. The van der Waals surface area contributed by atoms with E-state index in [0.717, 1.165) is 18.4 Å². The van der Waals surface area contributed by atoms with E-state index in [1.54, 1.807) is 0 Å². The molecule has 0 aliphatic carbocycles. The second kappa shape index (κ2) is 5.67. The van der Waals surface area contributed by atoms with Crippen molar-refractivity contribution < 1.29 is 0 Å². The van der Waals surface area contributed by atoms with Crippen molar-refractivity contribution in [2.75, 3.05) is 0 Å². The van der Waals surface area contributed by atoms with E-state index in [0.29, 0.717) is 5.88 Å². The molecule has 2 heteroatoms. The number of hydrogen-bond acceptors (Lipinski definition) is 1. The van der Waals surface area contributed by atoms with Gasteiger partial charge in [-0.3, -0.25) is 0 Å². The summed E-state index contributed by atoms with van der Waals surface area (Å²) in [6.07, 6.45) is 1.75. The Balaban J connectivity index is 2.64. The zero-order valence-electron chi connectivity index (χ0n) is 8.33. The summed E-state index contributed by atoms with van der Waals surface area (Å²) in [5.74, 6) is 0.687. The molecule has 0 aromatic heterocycles. The van der Waals surface area contributed by atoms with E-state index in [9.17, 15) is 0 Å². The van der Waals surface area contributed by atoms with Crippen molar-refractivity contribution in [2.45, 2.75) is 25.6 Å². The SMILES string of the molecule is CCC(C#N)Cc1ccc(CCl)cc1. The van der Waals surface area contributed by atoms with Crippen LogP contribution in [0.25, 0.3) is 0 Å². The number of hydrogen-bond donors (Lipinski definition) is 0. The first-order chi connectivity index (χ1) is 6.80. The number of halogens is 1. The first-order valence-electron chi connectivity index (χ1n) is 4.83. The molecule has 0 aliphatic rings. The van der Waals surface area contributed by atoms with Crippen LogP contribution < -0.4 is 0 Å². The van der Waals surface area contributed by atoms with Gasteiger partial charge in [0.05, 0.1) is 12.0 Å². The zero-order valence-corrected chi connectivity index (χ0v) is 9.09. The molecule has 0 amide bonds. The van der Waals surface area contributed by atoms with Crippen LogP contribution in [0.5, 0.6) is 0 Å². The number of rotatable bonds is 4. The van der Waals surface area contributed by atoms with Gasteiger partial charge < -0.3 is 0 Å². The normalized spacial score (nSPS) is 12.1. The lowest BCUT2D eigenvalue weighted by Crippen LogP contribution is -1.99. The molecule has 0 saturated heterocycles. The first kappa shape index (κ1) is 11.1. The van der Waals surface area contributed by atoms with Gasteiger partial charge in [-0.1, -0.05) is 31.2 Å². The van der Waals surface area contributed by atoms with Crippen LogP contribution in [-0.2, 0) is 12.3 Å². The maximum atomic E-state index is 8.82. The summed E-state index contributed by atoms with van der Waals surface area (Å²) in [6, 6.07) is 10.4. The average Bonchev–Trinajstić information content (AvgIpc) is 2.26. The number of nitriles is 1. The summed E-state index contributed by atoms with van der Waals surface area (Å²) < 4.78 is 0. The van der Waals surface area contributed by atoms with Crippen molar-refractivity contribution in [1.29, 1.82) is 5.26 Å². The van der Waals surface area contributed by atoms with Crippen LogP contribution >= 0.6 is 11.6 Å². The Hall–Kier alpha value is -1.00. The molecule has 0 bridgehead atoms. The molecule has 0 N–H and O–H groups in total. The Labute approximate surface area is 90.3 Å². The summed E-state index contributed by atoms with van der Waals surface area (Å²) in [6.45, 7) is 2.04. The van der Waals surface area contributed by atoms with Gasteiger partial charge in [0, 0.05) is 5.88 Å². The highest BCUT2D eigenvalue weighted by atomic mass is 35.5. The van der Waals surface area contributed by atoms with Crippen LogP contribution in [0.15, 0.2) is 24.3 Å². The minimum atomic E-state index is 0.136. The van der Waals surface area contributed by atoms with Gasteiger partial charge in [-0.15, -0.1) is 11.6 Å². The van der Waals surface area contributed by atoms with Crippen LogP contribution in [0, 0.1) is 17.2 Å². The van der Waals surface area contributed by atoms with E-state index in [1.165, 1.54) is 5.56 Å². The Bertz CT molecular complexity index is 310. The van der Waals surface area contributed by atoms with Gasteiger partial charge in [0.25, 0.3) is 0 Å². The molecule has 1 aromatic rings. The smallest absolute Gasteiger partial charge is 0.0659 e. The minimum absolute atomic E-state index is 0.136. The molecule has 0 fully saturated rings. The molecule has 0 radical (unpaired) electrons. The van der Waals surface area contributed by atoms with Crippen molar-refractivity contribution in [3.05, 3.63) is 35.4 Å². The Morgan fingerprint density at radius 1 is 1.29 bits per heavy atom. The molecule has 0 saturated carbocycles. The molecule has 1 nitrogen and oxygen atoms in total. The molecule has 14 heavy (non-hydrogen) atoms.